The second kappa shape index (κ2) is 6.42. The van der Waals surface area contributed by atoms with Crippen molar-refractivity contribution in [2.45, 2.75) is 24.6 Å². The van der Waals surface area contributed by atoms with Crippen LogP contribution in [-0.2, 0) is 4.74 Å². The lowest BCUT2D eigenvalue weighted by molar-refractivity contribution is 0.0650. The number of fused-ring (bicyclic) bond motifs is 1. The highest BCUT2D eigenvalue weighted by Crippen LogP contribution is 2.43. The predicted molar refractivity (Wildman–Crippen MR) is 79.2 cm³/mol. The fraction of sp³-hybridized carbons (Fsp3) is 0.600. The van der Waals surface area contributed by atoms with Crippen LogP contribution in [0, 0.1) is 5.92 Å². The summed E-state index contributed by atoms with van der Waals surface area (Å²) in [7, 11) is 0. The molecule has 110 valence electrons. The molecule has 1 unspecified atom stereocenters. The van der Waals surface area contributed by atoms with E-state index in [0.717, 1.165) is 43.8 Å². The summed E-state index contributed by atoms with van der Waals surface area (Å²) in [6.45, 7) is 2.87. The Morgan fingerprint density at radius 3 is 2.35 bits per heavy atom. The minimum absolute atomic E-state index is 0.108. The lowest BCUT2D eigenvalue weighted by Gasteiger charge is -2.27. The highest BCUT2D eigenvalue weighted by Gasteiger charge is 2.27. The van der Waals surface area contributed by atoms with E-state index >= 15 is 0 Å². The van der Waals surface area contributed by atoms with E-state index in [1.165, 1.54) is 0 Å². The number of rotatable bonds is 2. The van der Waals surface area contributed by atoms with Gasteiger partial charge in [0.1, 0.15) is 0 Å². The zero-order valence-corrected chi connectivity index (χ0v) is 12.8. The fourth-order valence-corrected chi connectivity index (χ4v) is 3.43. The first kappa shape index (κ1) is 14.3. The van der Waals surface area contributed by atoms with Crippen LogP contribution in [0.15, 0.2) is 12.1 Å². The van der Waals surface area contributed by atoms with Crippen molar-refractivity contribution in [3.63, 3.8) is 0 Å². The van der Waals surface area contributed by atoms with E-state index in [4.69, 9.17) is 37.4 Å². The number of halogens is 2. The van der Waals surface area contributed by atoms with E-state index in [-0.39, 0.29) is 5.38 Å². The molecule has 0 amide bonds. The minimum atomic E-state index is -0.108. The van der Waals surface area contributed by atoms with Gasteiger partial charge < -0.3 is 14.2 Å². The number of hydrogen-bond acceptors (Lipinski definition) is 3. The van der Waals surface area contributed by atoms with Crippen LogP contribution in [0.25, 0.3) is 0 Å². The van der Waals surface area contributed by atoms with Crippen LogP contribution in [0.1, 0.15) is 30.2 Å². The van der Waals surface area contributed by atoms with Crippen LogP contribution in [0.5, 0.6) is 11.5 Å². The van der Waals surface area contributed by atoms with Gasteiger partial charge >= 0.3 is 0 Å². The molecule has 20 heavy (non-hydrogen) atoms. The molecule has 2 aliphatic heterocycles. The van der Waals surface area contributed by atoms with Gasteiger partial charge in [0.2, 0.25) is 0 Å². The molecule has 0 aromatic heterocycles. The first-order valence-corrected chi connectivity index (χ1v) is 7.88. The molecule has 0 radical (unpaired) electrons. The molecule has 0 N–H and O–H groups in total. The number of alkyl halides is 1. The van der Waals surface area contributed by atoms with Crippen LogP contribution in [0.3, 0.4) is 0 Å². The van der Waals surface area contributed by atoms with Crippen LogP contribution in [0.2, 0.25) is 5.02 Å². The molecule has 0 aliphatic carbocycles. The Kier molecular flexibility index (Phi) is 4.59. The molecular weight excluding hydrogens is 299 g/mol. The Hall–Kier alpha value is -0.640. The summed E-state index contributed by atoms with van der Waals surface area (Å²) in [5.41, 5.74) is 0.935. The van der Waals surface area contributed by atoms with Crippen LogP contribution in [0.4, 0.5) is 0 Å². The molecule has 1 saturated heterocycles. The molecule has 1 aromatic rings. The second-order valence-electron chi connectivity index (χ2n) is 5.22. The summed E-state index contributed by atoms with van der Waals surface area (Å²) in [6.07, 6.45) is 2.82. The van der Waals surface area contributed by atoms with Crippen molar-refractivity contribution in [2.75, 3.05) is 26.4 Å². The van der Waals surface area contributed by atoms with E-state index in [1.54, 1.807) is 0 Å². The molecule has 0 bridgehead atoms. The molecule has 0 saturated carbocycles. The lowest BCUT2D eigenvalue weighted by Crippen LogP contribution is -2.19. The molecule has 3 rings (SSSR count). The lowest BCUT2D eigenvalue weighted by atomic mass is 9.91. The number of ether oxygens (including phenoxy) is 3. The van der Waals surface area contributed by atoms with Crippen LogP contribution >= 0.6 is 23.2 Å². The predicted octanol–water partition coefficient (Wildman–Crippen LogP) is 4.21. The molecule has 1 atom stereocenters. The van der Waals surface area contributed by atoms with E-state index < -0.39 is 0 Å². The topological polar surface area (TPSA) is 27.7 Å². The summed E-state index contributed by atoms with van der Waals surface area (Å²) in [5.74, 6) is 1.86. The summed E-state index contributed by atoms with van der Waals surface area (Å²) in [5, 5.41) is 0.546. The number of hydrogen-bond donors (Lipinski definition) is 0. The first-order chi connectivity index (χ1) is 9.75. The maximum absolute atomic E-state index is 6.64. The van der Waals surface area contributed by atoms with Gasteiger partial charge in [-0.3, -0.25) is 0 Å². The van der Waals surface area contributed by atoms with Gasteiger partial charge in [-0.1, -0.05) is 11.6 Å². The molecule has 0 spiro atoms. The molecule has 2 heterocycles. The molecular formula is C15H18Cl2O3. The SMILES string of the molecule is Clc1cc2c(cc1C(Cl)C1CCOCC1)OCCCO2. The summed E-state index contributed by atoms with van der Waals surface area (Å²) in [4.78, 5) is 0. The standard InChI is InChI=1S/C15H18Cl2O3/c16-12-9-14-13(19-4-1-5-20-14)8-11(12)15(17)10-2-6-18-7-3-10/h8-10,15H,1-7H2. The van der Waals surface area contributed by atoms with E-state index in [1.807, 2.05) is 12.1 Å². The zero-order chi connectivity index (χ0) is 13.9. The molecule has 3 nitrogen and oxygen atoms in total. The molecule has 2 aliphatic rings. The Morgan fingerprint density at radius 1 is 1.00 bits per heavy atom. The summed E-state index contributed by atoms with van der Waals surface area (Å²) < 4.78 is 16.7. The van der Waals surface area contributed by atoms with E-state index in [0.29, 0.717) is 29.9 Å². The van der Waals surface area contributed by atoms with Gasteiger partial charge in [-0.15, -0.1) is 11.6 Å². The van der Waals surface area contributed by atoms with Gasteiger partial charge in [-0.25, -0.2) is 0 Å². The average molecular weight is 317 g/mol. The third-order valence-electron chi connectivity index (χ3n) is 3.84. The monoisotopic (exact) mass is 316 g/mol. The van der Waals surface area contributed by atoms with Gasteiger partial charge in [0.25, 0.3) is 0 Å². The van der Waals surface area contributed by atoms with Crippen molar-refractivity contribution in [3.05, 3.63) is 22.7 Å². The molecule has 5 heteroatoms. The van der Waals surface area contributed by atoms with Crippen molar-refractivity contribution < 1.29 is 14.2 Å². The second-order valence-corrected chi connectivity index (χ2v) is 6.10. The Balaban J connectivity index is 1.86. The Bertz CT molecular complexity index is 472. The van der Waals surface area contributed by atoms with Crippen molar-refractivity contribution in [1.29, 1.82) is 0 Å². The van der Waals surface area contributed by atoms with Crippen molar-refractivity contribution >= 4 is 23.2 Å². The molecule has 1 aromatic carbocycles. The van der Waals surface area contributed by atoms with Crippen molar-refractivity contribution in [3.8, 4) is 11.5 Å². The quantitative estimate of drug-likeness (QED) is 0.765. The van der Waals surface area contributed by atoms with E-state index in [9.17, 15) is 0 Å². The van der Waals surface area contributed by atoms with Gasteiger partial charge in [-0.05, 0) is 30.4 Å². The van der Waals surface area contributed by atoms with Crippen LogP contribution in [-0.4, -0.2) is 26.4 Å². The Labute approximate surface area is 129 Å². The number of benzene rings is 1. The van der Waals surface area contributed by atoms with Crippen molar-refractivity contribution in [1.82, 2.24) is 0 Å². The summed E-state index contributed by atoms with van der Waals surface area (Å²) >= 11 is 13.0. The third kappa shape index (κ3) is 3.00. The average Bonchev–Trinajstić information content (AvgIpc) is 2.71. The van der Waals surface area contributed by atoms with Gasteiger partial charge in [0.15, 0.2) is 11.5 Å². The van der Waals surface area contributed by atoms with Crippen molar-refractivity contribution in [2.24, 2.45) is 5.92 Å². The summed E-state index contributed by atoms with van der Waals surface area (Å²) in [6, 6.07) is 3.77. The maximum Gasteiger partial charge on any atom is 0.162 e. The smallest absolute Gasteiger partial charge is 0.162 e. The van der Waals surface area contributed by atoms with E-state index in [2.05, 4.69) is 0 Å². The Morgan fingerprint density at radius 2 is 1.65 bits per heavy atom. The largest absolute Gasteiger partial charge is 0.490 e. The normalized spacial score (nSPS) is 21.3. The minimum Gasteiger partial charge on any atom is -0.490 e. The van der Waals surface area contributed by atoms with Gasteiger partial charge in [0.05, 0.1) is 18.6 Å². The first-order valence-electron chi connectivity index (χ1n) is 7.06. The fourth-order valence-electron chi connectivity index (χ4n) is 2.67. The third-order valence-corrected chi connectivity index (χ3v) is 4.76. The maximum atomic E-state index is 6.64. The van der Waals surface area contributed by atoms with Gasteiger partial charge in [-0.2, -0.15) is 0 Å². The highest BCUT2D eigenvalue weighted by atomic mass is 35.5. The molecule has 1 fully saturated rings. The van der Waals surface area contributed by atoms with Crippen LogP contribution < -0.4 is 9.47 Å². The zero-order valence-electron chi connectivity index (χ0n) is 11.2. The highest BCUT2D eigenvalue weighted by molar-refractivity contribution is 6.33. The van der Waals surface area contributed by atoms with Gasteiger partial charge in [0, 0.05) is 30.7 Å².